The lowest BCUT2D eigenvalue weighted by molar-refractivity contribution is 0.200. The number of fused-ring (bicyclic) bond motifs is 1. The van der Waals surface area contributed by atoms with Crippen LogP contribution in [-0.2, 0) is 19.5 Å². The molecular weight excluding hydrogens is 316 g/mol. The standard InChI is InChI=1S/C14H18N6O2S/c1-4-10-5-12(22-18-10)8-19(3)13(21)15-6-11-7-20-14(16-11)23-9(2)17-20/h5,7H,4,6,8H2,1-3H3,(H,15,21). The molecule has 122 valence electrons. The van der Waals surface area contributed by atoms with Gasteiger partial charge in [0.15, 0.2) is 5.76 Å². The number of hydrogen-bond acceptors (Lipinski definition) is 6. The second-order valence-corrected chi connectivity index (χ2v) is 6.39. The molecule has 3 rings (SSSR count). The SMILES string of the molecule is CCc1cc(CN(C)C(=O)NCc2cn3nc(C)sc3n2)on1. The van der Waals surface area contributed by atoms with Gasteiger partial charge in [0.1, 0.15) is 5.01 Å². The van der Waals surface area contributed by atoms with Crippen LogP contribution in [0.4, 0.5) is 4.79 Å². The summed E-state index contributed by atoms with van der Waals surface area (Å²) in [5.74, 6) is 0.668. The zero-order valence-corrected chi connectivity index (χ0v) is 14.1. The molecule has 0 aliphatic carbocycles. The minimum atomic E-state index is -0.194. The van der Waals surface area contributed by atoms with E-state index in [1.165, 1.54) is 11.3 Å². The van der Waals surface area contributed by atoms with Crippen molar-refractivity contribution in [3.05, 3.63) is 34.4 Å². The summed E-state index contributed by atoms with van der Waals surface area (Å²) in [6.45, 7) is 4.67. The molecule has 0 aliphatic rings. The maximum atomic E-state index is 12.1. The second-order valence-electron chi connectivity index (χ2n) is 5.23. The van der Waals surface area contributed by atoms with Gasteiger partial charge in [-0.2, -0.15) is 5.10 Å². The van der Waals surface area contributed by atoms with Crippen molar-refractivity contribution in [2.75, 3.05) is 7.05 Å². The van der Waals surface area contributed by atoms with Crippen LogP contribution < -0.4 is 5.32 Å². The third-order valence-electron chi connectivity index (χ3n) is 3.32. The van der Waals surface area contributed by atoms with Gasteiger partial charge in [-0.3, -0.25) is 0 Å². The Morgan fingerprint density at radius 3 is 3.00 bits per heavy atom. The van der Waals surface area contributed by atoms with Gasteiger partial charge in [0.2, 0.25) is 4.96 Å². The predicted molar refractivity (Wildman–Crippen MR) is 85.2 cm³/mol. The summed E-state index contributed by atoms with van der Waals surface area (Å²) in [6.07, 6.45) is 2.63. The smallest absolute Gasteiger partial charge is 0.317 e. The molecule has 0 spiro atoms. The summed E-state index contributed by atoms with van der Waals surface area (Å²) in [5, 5.41) is 12.0. The molecule has 0 aromatic carbocycles. The number of amides is 2. The topological polar surface area (TPSA) is 88.6 Å². The molecule has 0 saturated heterocycles. The normalized spacial score (nSPS) is 11.1. The van der Waals surface area contributed by atoms with Crippen LogP contribution in [0.25, 0.3) is 4.96 Å². The summed E-state index contributed by atoms with van der Waals surface area (Å²) in [6, 6.07) is 1.67. The maximum Gasteiger partial charge on any atom is 0.317 e. The molecule has 2 amide bonds. The zero-order chi connectivity index (χ0) is 16.4. The summed E-state index contributed by atoms with van der Waals surface area (Å²) >= 11 is 1.52. The third kappa shape index (κ3) is 3.50. The van der Waals surface area contributed by atoms with Crippen LogP contribution in [-0.4, -0.2) is 37.7 Å². The lowest BCUT2D eigenvalue weighted by Crippen LogP contribution is -2.36. The van der Waals surface area contributed by atoms with Crippen molar-refractivity contribution >= 4 is 22.3 Å². The molecule has 3 aromatic heterocycles. The van der Waals surface area contributed by atoms with Crippen molar-refractivity contribution in [2.24, 2.45) is 0 Å². The molecule has 3 aromatic rings. The Morgan fingerprint density at radius 2 is 2.30 bits per heavy atom. The maximum absolute atomic E-state index is 12.1. The lowest BCUT2D eigenvalue weighted by Gasteiger charge is -2.15. The first kappa shape index (κ1) is 15.5. The van der Waals surface area contributed by atoms with Crippen molar-refractivity contribution in [1.29, 1.82) is 0 Å². The molecule has 8 nitrogen and oxygen atoms in total. The lowest BCUT2D eigenvalue weighted by atomic mass is 10.3. The quantitative estimate of drug-likeness (QED) is 0.771. The highest BCUT2D eigenvalue weighted by Gasteiger charge is 2.13. The zero-order valence-electron chi connectivity index (χ0n) is 13.2. The molecule has 23 heavy (non-hydrogen) atoms. The molecule has 0 radical (unpaired) electrons. The van der Waals surface area contributed by atoms with Crippen LogP contribution in [0.5, 0.6) is 0 Å². The molecule has 0 aliphatic heterocycles. The van der Waals surface area contributed by atoms with Crippen molar-refractivity contribution in [1.82, 2.24) is 30.0 Å². The van der Waals surface area contributed by atoms with E-state index in [0.717, 1.165) is 27.8 Å². The number of nitrogens with zero attached hydrogens (tertiary/aromatic N) is 5. The van der Waals surface area contributed by atoms with E-state index >= 15 is 0 Å². The first-order valence-electron chi connectivity index (χ1n) is 7.30. The fourth-order valence-corrected chi connectivity index (χ4v) is 2.88. The molecule has 1 N–H and O–H groups in total. The summed E-state index contributed by atoms with van der Waals surface area (Å²) in [4.78, 5) is 18.9. The highest BCUT2D eigenvalue weighted by atomic mass is 32.1. The highest BCUT2D eigenvalue weighted by Crippen LogP contribution is 2.13. The molecule has 3 heterocycles. The number of imidazole rings is 1. The third-order valence-corrected chi connectivity index (χ3v) is 4.16. The van der Waals surface area contributed by atoms with Crippen LogP contribution >= 0.6 is 11.3 Å². The highest BCUT2D eigenvalue weighted by molar-refractivity contribution is 7.16. The van der Waals surface area contributed by atoms with Gasteiger partial charge in [-0.25, -0.2) is 14.3 Å². The van der Waals surface area contributed by atoms with Crippen LogP contribution in [0.1, 0.15) is 29.1 Å². The number of rotatable bonds is 5. The van der Waals surface area contributed by atoms with Gasteiger partial charge in [0, 0.05) is 13.1 Å². The predicted octanol–water partition coefficient (Wildman–Crippen LogP) is 1.99. The molecule has 0 atom stereocenters. The average molecular weight is 334 g/mol. The number of aromatic nitrogens is 4. The van der Waals surface area contributed by atoms with E-state index in [2.05, 4.69) is 20.6 Å². The molecule has 9 heteroatoms. The van der Waals surface area contributed by atoms with E-state index in [1.54, 1.807) is 16.5 Å². The summed E-state index contributed by atoms with van der Waals surface area (Å²) in [5.41, 5.74) is 1.66. The number of carbonyl (C=O) groups is 1. The largest absolute Gasteiger partial charge is 0.359 e. The van der Waals surface area contributed by atoms with Crippen LogP contribution in [0.15, 0.2) is 16.8 Å². The van der Waals surface area contributed by atoms with Gasteiger partial charge in [-0.05, 0) is 13.3 Å². The van der Waals surface area contributed by atoms with E-state index in [4.69, 9.17) is 4.52 Å². The number of urea groups is 1. The van der Waals surface area contributed by atoms with Crippen LogP contribution in [0, 0.1) is 6.92 Å². The number of hydrogen-bond donors (Lipinski definition) is 1. The molecular formula is C14H18N6O2S. The Labute approximate surface area is 137 Å². The fourth-order valence-electron chi connectivity index (χ4n) is 2.13. The molecule has 0 bridgehead atoms. The second kappa shape index (κ2) is 6.37. The van der Waals surface area contributed by atoms with E-state index in [9.17, 15) is 4.79 Å². The summed E-state index contributed by atoms with van der Waals surface area (Å²) < 4.78 is 6.91. The molecule has 0 unspecified atom stereocenters. The van der Waals surface area contributed by atoms with Gasteiger partial charge >= 0.3 is 6.03 Å². The van der Waals surface area contributed by atoms with Gasteiger partial charge in [-0.1, -0.05) is 23.4 Å². The molecule has 0 fully saturated rings. The minimum absolute atomic E-state index is 0.194. The minimum Gasteiger partial charge on any atom is -0.359 e. The van der Waals surface area contributed by atoms with E-state index in [-0.39, 0.29) is 6.03 Å². The fraction of sp³-hybridized carbons (Fsp3) is 0.429. The first-order valence-corrected chi connectivity index (χ1v) is 8.12. The Bertz CT molecular complexity index is 789. The van der Waals surface area contributed by atoms with Gasteiger partial charge in [-0.15, -0.1) is 0 Å². The number of nitrogens with one attached hydrogen (secondary N) is 1. The monoisotopic (exact) mass is 334 g/mol. The Morgan fingerprint density at radius 1 is 1.48 bits per heavy atom. The Balaban J connectivity index is 1.54. The van der Waals surface area contributed by atoms with Crippen molar-refractivity contribution in [3.63, 3.8) is 0 Å². The van der Waals surface area contributed by atoms with E-state index < -0.39 is 0 Å². The number of aryl methyl sites for hydroxylation is 2. The van der Waals surface area contributed by atoms with Crippen molar-refractivity contribution in [3.8, 4) is 0 Å². The van der Waals surface area contributed by atoms with E-state index in [0.29, 0.717) is 18.8 Å². The average Bonchev–Trinajstić information content (AvgIpc) is 3.19. The van der Waals surface area contributed by atoms with Gasteiger partial charge in [0.25, 0.3) is 0 Å². The molecule has 0 saturated carbocycles. The summed E-state index contributed by atoms with van der Waals surface area (Å²) in [7, 11) is 1.71. The van der Waals surface area contributed by atoms with Crippen LogP contribution in [0.3, 0.4) is 0 Å². The number of carbonyl (C=O) groups excluding carboxylic acids is 1. The van der Waals surface area contributed by atoms with Crippen molar-refractivity contribution < 1.29 is 9.32 Å². The Kier molecular flexibility index (Phi) is 4.28. The van der Waals surface area contributed by atoms with Crippen molar-refractivity contribution in [2.45, 2.75) is 33.4 Å². The van der Waals surface area contributed by atoms with Gasteiger partial charge in [0.05, 0.1) is 30.7 Å². The van der Waals surface area contributed by atoms with E-state index in [1.807, 2.05) is 26.1 Å². The Hall–Kier alpha value is -2.42. The first-order chi connectivity index (χ1) is 11.0. The van der Waals surface area contributed by atoms with Gasteiger partial charge < -0.3 is 14.7 Å². The van der Waals surface area contributed by atoms with Crippen LogP contribution in [0.2, 0.25) is 0 Å².